The van der Waals surface area contributed by atoms with E-state index in [9.17, 15) is 4.79 Å². The lowest BCUT2D eigenvalue weighted by Crippen LogP contribution is -2.53. The second-order valence-corrected chi connectivity index (χ2v) is 6.73. The fraction of sp³-hybridized carbons (Fsp3) is 0.526. The van der Waals surface area contributed by atoms with E-state index in [1.165, 1.54) is 12.0 Å². The summed E-state index contributed by atoms with van der Waals surface area (Å²) in [6.07, 6.45) is 2.50. The minimum absolute atomic E-state index is 0.0486. The second-order valence-electron chi connectivity index (χ2n) is 6.73. The molecule has 0 atom stereocenters. The van der Waals surface area contributed by atoms with E-state index in [0.717, 1.165) is 44.3 Å². The van der Waals surface area contributed by atoms with Crippen molar-refractivity contribution < 1.29 is 9.21 Å². The van der Waals surface area contributed by atoms with Gasteiger partial charge in [-0.15, -0.1) is 0 Å². The Kier molecular flexibility index (Phi) is 6.16. The van der Waals surface area contributed by atoms with E-state index in [4.69, 9.17) is 4.42 Å². The van der Waals surface area contributed by atoms with Crippen LogP contribution in [0, 0.1) is 13.8 Å². The number of nitrogens with zero attached hydrogens (tertiary/aromatic N) is 5. The molecule has 8 nitrogen and oxygen atoms in total. The molecule has 0 unspecified atom stereocenters. The molecule has 3 heterocycles. The monoisotopic (exact) mass is 372 g/mol. The van der Waals surface area contributed by atoms with Gasteiger partial charge >= 0.3 is 0 Å². The van der Waals surface area contributed by atoms with Gasteiger partial charge in [-0.2, -0.15) is 5.10 Å². The van der Waals surface area contributed by atoms with Gasteiger partial charge in [-0.05, 0) is 38.5 Å². The Labute approximate surface area is 159 Å². The molecule has 2 aromatic rings. The topological polar surface area (TPSA) is 78.9 Å². The third-order valence-electron chi connectivity index (χ3n) is 4.74. The first-order valence-corrected chi connectivity index (χ1v) is 9.38. The standard InChI is InChI=1S/C19H28N6O2/c1-15-14-16(2)25(22-15)8-5-7-21-19(20-3)24-11-9-23(10-12-24)18(26)17-6-4-13-27-17/h4,6,13-14H,5,7-12H2,1-3H3,(H,20,21). The van der Waals surface area contributed by atoms with Crippen LogP contribution in [0.25, 0.3) is 0 Å². The van der Waals surface area contributed by atoms with Crippen molar-refractivity contribution in [1.29, 1.82) is 0 Å². The fourth-order valence-electron chi connectivity index (χ4n) is 3.34. The number of hydrogen-bond acceptors (Lipinski definition) is 4. The highest BCUT2D eigenvalue weighted by molar-refractivity contribution is 5.91. The molecule has 0 spiro atoms. The van der Waals surface area contributed by atoms with Crippen LogP contribution in [0.1, 0.15) is 28.4 Å². The summed E-state index contributed by atoms with van der Waals surface area (Å²) in [5.74, 6) is 1.23. The van der Waals surface area contributed by atoms with Crippen molar-refractivity contribution in [1.82, 2.24) is 24.9 Å². The van der Waals surface area contributed by atoms with E-state index < -0.39 is 0 Å². The highest BCUT2D eigenvalue weighted by atomic mass is 16.3. The Bertz CT molecular complexity index is 772. The van der Waals surface area contributed by atoms with Gasteiger partial charge in [-0.25, -0.2) is 0 Å². The van der Waals surface area contributed by atoms with Crippen molar-refractivity contribution in [3.8, 4) is 0 Å². The average molecular weight is 372 g/mol. The van der Waals surface area contributed by atoms with Crippen LogP contribution in [-0.2, 0) is 6.54 Å². The van der Waals surface area contributed by atoms with E-state index >= 15 is 0 Å². The normalized spacial score (nSPS) is 15.3. The predicted molar refractivity (Wildman–Crippen MR) is 104 cm³/mol. The van der Waals surface area contributed by atoms with E-state index in [1.807, 2.05) is 16.5 Å². The molecule has 1 fully saturated rings. The van der Waals surface area contributed by atoms with Gasteiger partial charge in [-0.3, -0.25) is 14.5 Å². The molecule has 0 aromatic carbocycles. The van der Waals surface area contributed by atoms with Crippen molar-refractivity contribution >= 4 is 11.9 Å². The molecule has 1 saturated heterocycles. The number of aliphatic imine (C=N–C) groups is 1. The molecule has 2 aromatic heterocycles. The van der Waals surface area contributed by atoms with Gasteiger partial charge in [0.1, 0.15) is 0 Å². The van der Waals surface area contributed by atoms with E-state index in [-0.39, 0.29) is 5.91 Å². The van der Waals surface area contributed by atoms with Crippen LogP contribution in [0.15, 0.2) is 33.9 Å². The van der Waals surface area contributed by atoms with Crippen LogP contribution in [0.5, 0.6) is 0 Å². The molecule has 3 rings (SSSR count). The molecule has 1 N–H and O–H groups in total. The lowest BCUT2D eigenvalue weighted by Gasteiger charge is -2.36. The largest absolute Gasteiger partial charge is 0.459 e. The van der Waals surface area contributed by atoms with Gasteiger partial charge in [0.25, 0.3) is 5.91 Å². The van der Waals surface area contributed by atoms with Gasteiger partial charge in [0.15, 0.2) is 11.7 Å². The number of guanidine groups is 1. The maximum atomic E-state index is 12.3. The number of rotatable bonds is 5. The Hall–Kier alpha value is -2.77. The van der Waals surface area contributed by atoms with Gasteiger partial charge in [0.2, 0.25) is 0 Å². The molecule has 146 valence electrons. The van der Waals surface area contributed by atoms with E-state index in [2.05, 4.69) is 33.3 Å². The molecule has 27 heavy (non-hydrogen) atoms. The van der Waals surface area contributed by atoms with Crippen molar-refractivity contribution in [2.45, 2.75) is 26.8 Å². The number of hydrogen-bond donors (Lipinski definition) is 1. The average Bonchev–Trinajstić information content (AvgIpc) is 3.31. The zero-order chi connectivity index (χ0) is 19.2. The summed E-state index contributed by atoms with van der Waals surface area (Å²) >= 11 is 0. The van der Waals surface area contributed by atoms with E-state index in [1.54, 1.807) is 19.2 Å². The molecule has 1 aliphatic rings. The zero-order valence-electron chi connectivity index (χ0n) is 16.3. The molecule has 0 saturated carbocycles. The Morgan fingerprint density at radius 1 is 1.26 bits per heavy atom. The molecule has 1 amide bonds. The molecular weight excluding hydrogens is 344 g/mol. The number of piperazine rings is 1. The van der Waals surface area contributed by atoms with Gasteiger partial charge in [-0.1, -0.05) is 0 Å². The smallest absolute Gasteiger partial charge is 0.289 e. The Balaban J connectivity index is 1.42. The number of aromatic nitrogens is 2. The first kappa shape index (κ1) is 19.0. The molecular formula is C19H28N6O2. The second kappa shape index (κ2) is 8.75. The zero-order valence-corrected chi connectivity index (χ0v) is 16.3. The lowest BCUT2D eigenvalue weighted by molar-refractivity contribution is 0.0657. The number of carbonyl (C=O) groups is 1. The third kappa shape index (κ3) is 4.69. The summed E-state index contributed by atoms with van der Waals surface area (Å²) in [4.78, 5) is 20.7. The third-order valence-corrected chi connectivity index (χ3v) is 4.74. The van der Waals surface area contributed by atoms with Gasteiger partial charge in [0.05, 0.1) is 12.0 Å². The lowest BCUT2D eigenvalue weighted by atomic mass is 10.3. The number of amides is 1. The molecule has 0 bridgehead atoms. The number of carbonyl (C=O) groups excluding carboxylic acids is 1. The molecule has 8 heteroatoms. The fourth-order valence-corrected chi connectivity index (χ4v) is 3.34. The number of furan rings is 1. The Morgan fingerprint density at radius 2 is 2.00 bits per heavy atom. The number of nitrogens with one attached hydrogen (secondary N) is 1. The SMILES string of the molecule is CN=C(NCCCn1nc(C)cc1C)N1CCN(C(=O)c2ccco2)CC1. The Morgan fingerprint density at radius 3 is 2.59 bits per heavy atom. The maximum absolute atomic E-state index is 12.3. The van der Waals surface area contributed by atoms with Crippen LogP contribution in [-0.4, -0.2) is 71.2 Å². The van der Waals surface area contributed by atoms with Crippen molar-refractivity contribution in [3.05, 3.63) is 41.6 Å². The molecule has 1 aliphatic heterocycles. The summed E-state index contributed by atoms with van der Waals surface area (Å²) in [6.45, 7) is 8.63. The number of aryl methyl sites for hydroxylation is 3. The van der Waals surface area contributed by atoms with Crippen LogP contribution in [0.3, 0.4) is 0 Å². The van der Waals surface area contributed by atoms with Crippen molar-refractivity contribution in [3.63, 3.8) is 0 Å². The van der Waals surface area contributed by atoms with Crippen LogP contribution in [0.4, 0.5) is 0 Å². The predicted octanol–water partition coefficient (Wildman–Crippen LogP) is 1.52. The first-order valence-electron chi connectivity index (χ1n) is 9.38. The summed E-state index contributed by atoms with van der Waals surface area (Å²) in [7, 11) is 1.80. The van der Waals surface area contributed by atoms with Crippen molar-refractivity contribution in [2.24, 2.45) is 4.99 Å². The summed E-state index contributed by atoms with van der Waals surface area (Å²) in [5, 5.41) is 7.91. The van der Waals surface area contributed by atoms with Crippen LogP contribution in [0.2, 0.25) is 0 Å². The van der Waals surface area contributed by atoms with Gasteiger partial charge < -0.3 is 19.5 Å². The maximum Gasteiger partial charge on any atom is 0.289 e. The van der Waals surface area contributed by atoms with Crippen molar-refractivity contribution in [2.75, 3.05) is 39.8 Å². The summed E-state index contributed by atoms with van der Waals surface area (Å²) in [6, 6.07) is 5.54. The van der Waals surface area contributed by atoms with E-state index in [0.29, 0.717) is 18.8 Å². The summed E-state index contributed by atoms with van der Waals surface area (Å²) in [5.41, 5.74) is 2.24. The minimum atomic E-state index is -0.0486. The minimum Gasteiger partial charge on any atom is -0.459 e. The molecule has 0 radical (unpaired) electrons. The highest BCUT2D eigenvalue weighted by Crippen LogP contribution is 2.09. The summed E-state index contributed by atoms with van der Waals surface area (Å²) < 4.78 is 7.25. The van der Waals surface area contributed by atoms with Crippen LogP contribution >= 0.6 is 0 Å². The quantitative estimate of drug-likeness (QED) is 0.489. The highest BCUT2D eigenvalue weighted by Gasteiger charge is 2.24. The van der Waals surface area contributed by atoms with Gasteiger partial charge in [0, 0.05) is 52.0 Å². The molecule has 0 aliphatic carbocycles. The first-order chi connectivity index (χ1) is 13.1. The van der Waals surface area contributed by atoms with Crippen LogP contribution < -0.4 is 5.32 Å².